The van der Waals surface area contributed by atoms with Crippen LogP contribution < -0.4 is 5.32 Å². The highest BCUT2D eigenvalue weighted by Crippen LogP contribution is 2.10. The minimum absolute atomic E-state index is 0.0208. The molecule has 0 bridgehead atoms. The first-order chi connectivity index (χ1) is 8.40. The van der Waals surface area contributed by atoms with Crippen molar-refractivity contribution in [1.29, 1.82) is 0 Å². The van der Waals surface area contributed by atoms with Gasteiger partial charge in [0.2, 0.25) is 0 Å². The number of aliphatic hydroxyl groups excluding tert-OH is 1. The smallest absolute Gasteiger partial charge is 0.254 e. The third-order valence-electron chi connectivity index (χ3n) is 2.41. The number of nitrogens with one attached hydrogen (secondary N) is 1. The molecule has 1 rings (SSSR count). The normalized spacial score (nSPS) is 12.6. The van der Waals surface area contributed by atoms with Gasteiger partial charge < -0.3 is 10.4 Å². The van der Waals surface area contributed by atoms with Gasteiger partial charge in [-0.25, -0.2) is 8.78 Å². The standard InChI is InChI=1S/C13H17F2NO2/c1-8(2)5-10(17)7-16-13(18)11-6-9(14)3-4-12(11)15/h3-4,6,8,10,17H,5,7H2,1-2H3,(H,16,18)/t10-/m1/s1. The second-order valence-electron chi connectivity index (χ2n) is 4.62. The van der Waals surface area contributed by atoms with E-state index in [0.29, 0.717) is 12.3 Å². The van der Waals surface area contributed by atoms with E-state index < -0.39 is 23.6 Å². The van der Waals surface area contributed by atoms with E-state index in [2.05, 4.69) is 5.32 Å². The van der Waals surface area contributed by atoms with Gasteiger partial charge in [-0.05, 0) is 30.5 Å². The summed E-state index contributed by atoms with van der Waals surface area (Å²) in [6.07, 6.45) is -0.156. The molecular formula is C13H17F2NO2. The lowest BCUT2D eigenvalue weighted by atomic mass is 10.1. The van der Waals surface area contributed by atoms with Gasteiger partial charge in [0.25, 0.3) is 5.91 Å². The van der Waals surface area contributed by atoms with E-state index in [1.807, 2.05) is 13.8 Å². The van der Waals surface area contributed by atoms with Crippen molar-refractivity contribution in [1.82, 2.24) is 5.32 Å². The van der Waals surface area contributed by atoms with E-state index in [9.17, 15) is 18.7 Å². The van der Waals surface area contributed by atoms with Crippen LogP contribution in [0.5, 0.6) is 0 Å². The fourth-order valence-electron chi connectivity index (χ4n) is 1.60. The van der Waals surface area contributed by atoms with Crippen LogP contribution in [0.15, 0.2) is 18.2 Å². The molecule has 0 saturated carbocycles. The number of aliphatic hydroxyl groups is 1. The second-order valence-corrected chi connectivity index (χ2v) is 4.62. The van der Waals surface area contributed by atoms with Crippen LogP contribution in [0.25, 0.3) is 0 Å². The summed E-state index contributed by atoms with van der Waals surface area (Å²) >= 11 is 0. The van der Waals surface area contributed by atoms with Gasteiger partial charge in [0.1, 0.15) is 11.6 Å². The van der Waals surface area contributed by atoms with Gasteiger partial charge in [-0.1, -0.05) is 13.8 Å². The molecule has 0 aliphatic carbocycles. The molecule has 0 aromatic heterocycles. The Morgan fingerprint density at radius 3 is 2.67 bits per heavy atom. The summed E-state index contributed by atoms with van der Waals surface area (Å²) in [5.41, 5.74) is -0.355. The minimum atomic E-state index is -0.785. The Kier molecular flexibility index (Phi) is 5.22. The number of rotatable bonds is 5. The molecule has 0 unspecified atom stereocenters. The first-order valence-electron chi connectivity index (χ1n) is 5.81. The van der Waals surface area contributed by atoms with Crippen LogP contribution in [-0.2, 0) is 0 Å². The highest BCUT2D eigenvalue weighted by Gasteiger charge is 2.14. The molecule has 0 saturated heterocycles. The topological polar surface area (TPSA) is 49.3 Å². The Labute approximate surface area is 105 Å². The van der Waals surface area contributed by atoms with Crippen molar-refractivity contribution in [3.63, 3.8) is 0 Å². The largest absolute Gasteiger partial charge is 0.391 e. The lowest BCUT2D eigenvalue weighted by Gasteiger charge is -2.14. The second kappa shape index (κ2) is 6.44. The summed E-state index contributed by atoms with van der Waals surface area (Å²) in [6, 6.07) is 2.67. The Balaban J connectivity index is 2.58. The van der Waals surface area contributed by atoms with Crippen molar-refractivity contribution in [2.24, 2.45) is 5.92 Å². The van der Waals surface area contributed by atoms with Crippen molar-refractivity contribution < 1.29 is 18.7 Å². The zero-order valence-corrected chi connectivity index (χ0v) is 10.4. The highest BCUT2D eigenvalue weighted by atomic mass is 19.1. The molecule has 1 amide bonds. The average molecular weight is 257 g/mol. The monoisotopic (exact) mass is 257 g/mol. The molecule has 0 spiro atoms. The maximum absolute atomic E-state index is 13.3. The van der Waals surface area contributed by atoms with Gasteiger partial charge in [0, 0.05) is 6.54 Å². The molecule has 0 radical (unpaired) electrons. The maximum atomic E-state index is 13.3. The number of benzene rings is 1. The predicted octanol–water partition coefficient (Wildman–Crippen LogP) is 2.10. The molecule has 1 aromatic rings. The fourth-order valence-corrected chi connectivity index (χ4v) is 1.60. The molecule has 0 heterocycles. The van der Waals surface area contributed by atoms with Crippen LogP contribution in [-0.4, -0.2) is 23.7 Å². The summed E-state index contributed by atoms with van der Waals surface area (Å²) in [7, 11) is 0. The van der Waals surface area contributed by atoms with Gasteiger partial charge in [-0.2, -0.15) is 0 Å². The quantitative estimate of drug-likeness (QED) is 0.848. The number of amides is 1. The average Bonchev–Trinajstić information content (AvgIpc) is 2.28. The van der Waals surface area contributed by atoms with Gasteiger partial charge in [0.15, 0.2) is 0 Å². The molecule has 100 valence electrons. The van der Waals surface area contributed by atoms with Crippen LogP contribution in [0.2, 0.25) is 0 Å². The molecule has 5 heteroatoms. The van der Waals surface area contributed by atoms with E-state index in [4.69, 9.17) is 0 Å². The summed E-state index contributed by atoms with van der Waals surface area (Å²) in [5.74, 6) is -1.89. The van der Waals surface area contributed by atoms with Crippen LogP contribution in [0.3, 0.4) is 0 Å². The third-order valence-corrected chi connectivity index (χ3v) is 2.41. The number of hydrogen-bond donors (Lipinski definition) is 2. The first-order valence-corrected chi connectivity index (χ1v) is 5.81. The molecule has 0 aliphatic heterocycles. The molecule has 18 heavy (non-hydrogen) atoms. The van der Waals surface area contributed by atoms with Gasteiger partial charge >= 0.3 is 0 Å². The summed E-state index contributed by atoms with van der Waals surface area (Å²) in [6.45, 7) is 3.90. The van der Waals surface area contributed by atoms with Crippen LogP contribution in [0, 0.1) is 17.6 Å². The van der Waals surface area contributed by atoms with Crippen molar-refractivity contribution in [3.8, 4) is 0 Å². The number of hydrogen-bond acceptors (Lipinski definition) is 2. The molecule has 3 nitrogen and oxygen atoms in total. The van der Waals surface area contributed by atoms with Crippen molar-refractivity contribution >= 4 is 5.91 Å². The Morgan fingerprint density at radius 2 is 2.06 bits per heavy atom. The minimum Gasteiger partial charge on any atom is -0.391 e. The maximum Gasteiger partial charge on any atom is 0.254 e. The lowest BCUT2D eigenvalue weighted by Crippen LogP contribution is -2.33. The molecule has 1 aromatic carbocycles. The van der Waals surface area contributed by atoms with E-state index >= 15 is 0 Å². The number of halogens is 2. The molecule has 0 fully saturated rings. The van der Waals surface area contributed by atoms with Gasteiger partial charge in [0.05, 0.1) is 11.7 Å². The van der Waals surface area contributed by atoms with Crippen molar-refractivity contribution in [3.05, 3.63) is 35.4 Å². The summed E-state index contributed by atoms with van der Waals surface area (Å²) in [4.78, 5) is 11.6. The molecule has 2 N–H and O–H groups in total. The van der Waals surface area contributed by atoms with Gasteiger partial charge in [-0.15, -0.1) is 0 Å². The first kappa shape index (κ1) is 14.6. The zero-order chi connectivity index (χ0) is 13.7. The van der Waals surface area contributed by atoms with Crippen LogP contribution >= 0.6 is 0 Å². The third kappa shape index (κ3) is 4.41. The van der Waals surface area contributed by atoms with E-state index in [1.54, 1.807) is 0 Å². The molecule has 1 atom stereocenters. The molecule has 0 aliphatic rings. The zero-order valence-electron chi connectivity index (χ0n) is 10.4. The van der Waals surface area contributed by atoms with E-state index in [0.717, 1.165) is 18.2 Å². The van der Waals surface area contributed by atoms with Gasteiger partial charge in [-0.3, -0.25) is 4.79 Å². The number of carbonyl (C=O) groups is 1. The summed E-state index contributed by atoms with van der Waals surface area (Å²) in [5, 5.41) is 11.9. The van der Waals surface area contributed by atoms with Crippen LogP contribution in [0.1, 0.15) is 30.6 Å². The van der Waals surface area contributed by atoms with Crippen LogP contribution in [0.4, 0.5) is 8.78 Å². The highest BCUT2D eigenvalue weighted by molar-refractivity contribution is 5.94. The Morgan fingerprint density at radius 1 is 1.39 bits per heavy atom. The van der Waals surface area contributed by atoms with E-state index in [-0.39, 0.29) is 12.1 Å². The SMILES string of the molecule is CC(C)C[C@@H](O)CNC(=O)c1cc(F)ccc1F. The van der Waals surface area contributed by atoms with E-state index in [1.165, 1.54) is 0 Å². The fraction of sp³-hybridized carbons (Fsp3) is 0.462. The Hall–Kier alpha value is -1.49. The van der Waals surface area contributed by atoms with Crippen molar-refractivity contribution in [2.75, 3.05) is 6.54 Å². The lowest BCUT2D eigenvalue weighted by molar-refractivity contribution is 0.0896. The predicted molar refractivity (Wildman–Crippen MR) is 64.2 cm³/mol. The molecular weight excluding hydrogens is 240 g/mol. The number of carbonyl (C=O) groups excluding carboxylic acids is 1. The summed E-state index contributed by atoms with van der Waals surface area (Å²) < 4.78 is 26.1. The Bertz CT molecular complexity index is 421. The van der Waals surface area contributed by atoms with Crippen molar-refractivity contribution in [2.45, 2.75) is 26.4 Å².